The van der Waals surface area contributed by atoms with E-state index < -0.39 is 0 Å². The normalized spacial score (nSPS) is 16.0. The minimum Gasteiger partial charge on any atom is -0.440 e. The fourth-order valence-electron chi connectivity index (χ4n) is 3.92. The molecule has 3 nitrogen and oxygen atoms in total. The number of ether oxygens (including phenoxy) is 1. The number of nitriles is 1. The molecule has 0 aromatic heterocycles. The van der Waals surface area contributed by atoms with Crippen LogP contribution >= 0.6 is 0 Å². The number of nitrogens with two attached hydrogens (primary N) is 1. The zero-order valence-electron chi connectivity index (χ0n) is 14.5. The van der Waals surface area contributed by atoms with Gasteiger partial charge in [0.2, 0.25) is 5.88 Å². The highest BCUT2D eigenvalue weighted by Gasteiger charge is 2.31. The van der Waals surface area contributed by atoms with Crippen LogP contribution in [0.1, 0.15) is 17.0 Å². The number of benzene rings is 4. The second-order valence-electron chi connectivity index (χ2n) is 6.74. The van der Waals surface area contributed by atoms with Crippen LogP contribution in [-0.2, 0) is 0 Å². The molecule has 2 N–H and O–H groups in total. The average molecular weight is 348 g/mol. The van der Waals surface area contributed by atoms with Crippen molar-refractivity contribution >= 4 is 21.5 Å². The van der Waals surface area contributed by atoms with Crippen molar-refractivity contribution in [2.75, 3.05) is 0 Å². The number of nitrogens with zero attached hydrogens (tertiary/aromatic N) is 1. The van der Waals surface area contributed by atoms with Crippen LogP contribution in [0.3, 0.4) is 0 Å². The summed E-state index contributed by atoms with van der Waals surface area (Å²) in [5.41, 5.74) is 8.63. The summed E-state index contributed by atoms with van der Waals surface area (Å²) in [7, 11) is 0. The molecule has 4 aromatic carbocycles. The third-order valence-electron chi connectivity index (χ3n) is 5.21. The topological polar surface area (TPSA) is 59.0 Å². The highest BCUT2D eigenvalue weighted by molar-refractivity contribution is 5.91. The van der Waals surface area contributed by atoms with E-state index in [1.54, 1.807) is 0 Å². The molecule has 0 saturated heterocycles. The largest absolute Gasteiger partial charge is 0.440 e. The predicted octanol–water partition coefficient (Wildman–Crippen LogP) is 5.21. The molecule has 0 saturated carbocycles. The Labute approximate surface area is 156 Å². The molecule has 128 valence electrons. The summed E-state index contributed by atoms with van der Waals surface area (Å²) in [4.78, 5) is 0. The molecule has 0 amide bonds. The van der Waals surface area contributed by atoms with E-state index in [1.165, 1.54) is 5.39 Å². The summed E-state index contributed by atoms with van der Waals surface area (Å²) >= 11 is 0. The van der Waals surface area contributed by atoms with E-state index in [0.29, 0.717) is 5.57 Å². The third kappa shape index (κ3) is 2.35. The minimum atomic E-state index is -0.243. The van der Waals surface area contributed by atoms with Crippen molar-refractivity contribution in [1.29, 1.82) is 5.26 Å². The Hall–Kier alpha value is -3.77. The first-order valence-electron chi connectivity index (χ1n) is 8.84. The van der Waals surface area contributed by atoms with Gasteiger partial charge in [0.25, 0.3) is 0 Å². The molecule has 0 bridgehead atoms. The van der Waals surface area contributed by atoms with Crippen LogP contribution in [0.15, 0.2) is 90.3 Å². The molecular weight excluding hydrogens is 332 g/mol. The average Bonchev–Trinajstić information content (AvgIpc) is 2.72. The van der Waals surface area contributed by atoms with Gasteiger partial charge in [0, 0.05) is 10.9 Å². The van der Waals surface area contributed by atoms with Gasteiger partial charge >= 0.3 is 0 Å². The highest BCUT2D eigenvalue weighted by atomic mass is 16.5. The van der Waals surface area contributed by atoms with E-state index in [1.807, 2.05) is 42.5 Å². The van der Waals surface area contributed by atoms with Gasteiger partial charge in [-0.25, -0.2) is 0 Å². The number of allylic oxidation sites excluding steroid dienone is 1. The summed E-state index contributed by atoms with van der Waals surface area (Å²) in [6.07, 6.45) is 0. The monoisotopic (exact) mass is 348 g/mol. The highest BCUT2D eigenvalue weighted by Crippen LogP contribution is 2.45. The standard InChI is InChI=1S/C24H16N2O/c25-14-21-22(18-10-9-15-5-1-2-7-17(15)13-18)20-12-11-16-6-3-4-8-19(16)23(20)27-24(21)26/h1-13,22H,26H2. The lowest BCUT2D eigenvalue weighted by atomic mass is 9.82. The number of rotatable bonds is 1. The molecule has 4 aromatic rings. The molecule has 0 aliphatic carbocycles. The van der Waals surface area contributed by atoms with Crippen LogP contribution in [0.5, 0.6) is 5.75 Å². The van der Waals surface area contributed by atoms with Gasteiger partial charge in [0.1, 0.15) is 17.4 Å². The summed E-state index contributed by atoms with van der Waals surface area (Å²) in [5.74, 6) is 0.676. The molecule has 0 spiro atoms. The lowest BCUT2D eigenvalue weighted by Crippen LogP contribution is -2.21. The second kappa shape index (κ2) is 5.89. The van der Waals surface area contributed by atoms with Crippen LogP contribution in [0.4, 0.5) is 0 Å². The second-order valence-corrected chi connectivity index (χ2v) is 6.74. The van der Waals surface area contributed by atoms with Gasteiger partial charge in [0.05, 0.1) is 5.92 Å². The van der Waals surface area contributed by atoms with Crippen LogP contribution in [0.25, 0.3) is 21.5 Å². The van der Waals surface area contributed by atoms with Gasteiger partial charge in [-0.15, -0.1) is 0 Å². The Morgan fingerprint density at radius 1 is 0.815 bits per heavy atom. The fourth-order valence-corrected chi connectivity index (χ4v) is 3.92. The van der Waals surface area contributed by atoms with Crippen LogP contribution in [0.2, 0.25) is 0 Å². The molecular formula is C24H16N2O. The van der Waals surface area contributed by atoms with Gasteiger partial charge in [-0.2, -0.15) is 5.26 Å². The molecule has 1 heterocycles. The van der Waals surface area contributed by atoms with Gasteiger partial charge in [-0.3, -0.25) is 0 Å². The zero-order chi connectivity index (χ0) is 18.4. The summed E-state index contributed by atoms with van der Waals surface area (Å²) < 4.78 is 5.92. The lowest BCUT2D eigenvalue weighted by Gasteiger charge is -2.27. The quantitative estimate of drug-likeness (QED) is 0.513. The Balaban J connectivity index is 1.79. The number of hydrogen-bond acceptors (Lipinski definition) is 3. The van der Waals surface area contributed by atoms with Crippen molar-refractivity contribution in [2.24, 2.45) is 5.73 Å². The molecule has 0 fully saturated rings. The maximum Gasteiger partial charge on any atom is 0.205 e. The van der Waals surface area contributed by atoms with Crippen molar-refractivity contribution in [3.05, 3.63) is 101 Å². The molecule has 5 rings (SSSR count). The SMILES string of the molecule is N#CC1=C(N)Oc2c(ccc3ccccc23)C1c1ccc2ccccc2c1. The first-order chi connectivity index (χ1) is 13.3. The van der Waals surface area contributed by atoms with Crippen molar-refractivity contribution in [3.63, 3.8) is 0 Å². The molecule has 1 atom stereocenters. The maximum atomic E-state index is 9.78. The molecule has 1 aliphatic rings. The van der Waals surface area contributed by atoms with E-state index in [0.717, 1.165) is 33.0 Å². The fraction of sp³-hybridized carbons (Fsp3) is 0.0417. The lowest BCUT2D eigenvalue weighted by molar-refractivity contribution is 0.398. The molecule has 0 radical (unpaired) electrons. The minimum absolute atomic E-state index is 0.180. The van der Waals surface area contributed by atoms with Gasteiger partial charge in [0.15, 0.2) is 0 Å². The summed E-state index contributed by atoms with van der Waals surface area (Å²) in [6, 6.07) is 28.9. The summed E-state index contributed by atoms with van der Waals surface area (Å²) in [6.45, 7) is 0. The van der Waals surface area contributed by atoms with Crippen molar-refractivity contribution < 1.29 is 4.74 Å². The Bertz CT molecular complexity index is 1280. The van der Waals surface area contributed by atoms with Crippen LogP contribution < -0.4 is 10.5 Å². The van der Waals surface area contributed by atoms with E-state index >= 15 is 0 Å². The van der Waals surface area contributed by atoms with E-state index in [4.69, 9.17) is 10.5 Å². The maximum absolute atomic E-state index is 9.78. The predicted molar refractivity (Wildman–Crippen MR) is 107 cm³/mol. The van der Waals surface area contributed by atoms with Crippen LogP contribution in [-0.4, -0.2) is 0 Å². The molecule has 1 aliphatic heterocycles. The van der Waals surface area contributed by atoms with E-state index in [-0.39, 0.29) is 11.8 Å². The number of hydrogen-bond donors (Lipinski definition) is 1. The molecule has 3 heteroatoms. The first kappa shape index (κ1) is 15.5. The molecule has 1 unspecified atom stereocenters. The molecule has 27 heavy (non-hydrogen) atoms. The van der Waals surface area contributed by atoms with Crippen molar-refractivity contribution in [1.82, 2.24) is 0 Å². The summed E-state index contributed by atoms with van der Waals surface area (Å²) in [5, 5.41) is 14.2. The Morgan fingerprint density at radius 2 is 1.52 bits per heavy atom. The first-order valence-corrected chi connectivity index (χ1v) is 8.84. The van der Waals surface area contributed by atoms with E-state index in [2.05, 4.69) is 42.5 Å². The Morgan fingerprint density at radius 3 is 2.33 bits per heavy atom. The number of fused-ring (bicyclic) bond motifs is 4. The zero-order valence-corrected chi connectivity index (χ0v) is 14.5. The van der Waals surface area contributed by atoms with Crippen LogP contribution in [0, 0.1) is 11.3 Å². The van der Waals surface area contributed by atoms with E-state index in [9.17, 15) is 5.26 Å². The Kier molecular flexibility index (Phi) is 3.38. The van der Waals surface area contributed by atoms with Crippen molar-refractivity contribution in [3.8, 4) is 11.8 Å². The van der Waals surface area contributed by atoms with Gasteiger partial charge in [-0.1, -0.05) is 78.9 Å². The van der Waals surface area contributed by atoms with Gasteiger partial charge in [-0.05, 0) is 21.7 Å². The third-order valence-corrected chi connectivity index (χ3v) is 5.21. The van der Waals surface area contributed by atoms with Gasteiger partial charge < -0.3 is 10.5 Å². The smallest absolute Gasteiger partial charge is 0.205 e. The van der Waals surface area contributed by atoms with Crippen molar-refractivity contribution in [2.45, 2.75) is 5.92 Å².